The van der Waals surface area contributed by atoms with Crippen LogP contribution in [0.25, 0.3) is 10.8 Å². The summed E-state index contributed by atoms with van der Waals surface area (Å²) in [7, 11) is 0. The number of aliphatic hydroxyl groups excluding tert-OH is 2. The van der Waals surface area contributed by atoms with Crippen LogP contribution in [0, 0.1) is 5.92 Å². The number of ether oxygens (including phenoxy) is 2. The van der Waals surface area contributed by atoms with Gasteiger partial charge in [0.25, 0.3) is 0 Å². The Morgan fingerprint density at radius 3 is 2.00 bits per heavy atom. The van der Waals surface area contributed by atoms with Crippen LogP contribution in [-0.4, -0.2) is 35.6 Å². The Labute approximate surface area is 165 Å². The second-order valence-corrected chi connectivity index (χ2v) is 8.58. The van der Waals surface area contributed by atoms with Gasteiger partial charge in [-0.2, -0.15) is 0 Å². The monoisotopic (exact) mass is 390 g/mol. The molecule has 5 atom stereocenters. The number of benzene rings is 2. The van der Waals surface area contributed by atoms with Crippen molar-refractivity contribution >= 4 is 22.4 Å². The standard InChI is InChI=1S/C22H27ClO4/c1-11(24)9-26-21-17-5-4-14(23)8-18(17)22(27-10-12(2)25)20-16-7-6-15(13(16)3)19(20)21/h4-5,8,11-13,15-16,24-25H,6-7,9-10H2,1-3H3. The van der Waals surface area contributed by atoms with Gasteiger partial charge in [-0.1, -0.05) is 18.5 Å². The molecule has 0 heterocycles. The minimum Gasteiger partial charge on any atom is -0.490 e. The lowest BCUT2D eigenvalue weighted by Gasteiger charge is -2.26. The Balaban J connectivity index is 1.96. The summed E-state index contributed by atoms with van der Waals surface area (Å²) in [5.41, 5.74) is 2.45. The molecule has 2 aliphatic carbocycles. The summed E-state index contributed by atoms with van der Waals surface area (Å²) < 4.78 is 12.3. The molecule has 0 amide bonds. The molecule has 0 aromatic heterocycles. The van der Waals surface area contributed by atoms with E-state index in [0.717, 1.165) is 35.1 Å². The maximum Gasteiger partial charge on any atom is 0.131 e. The second-order valence-electron chi connectivity index (χ2n) is 8.15. The molecule has 0 spiro atoms. The van der Waals surface area contributed by atoms with Crippen molar-refractivity contribution in [2.75, 3.05) is 13.2 Å². The molecule has 2 aliphatic rings. The van der Waals surface area contributed by atoms with Crippen molar-refractivity contribution in [2.45, 2.75) is 57.7 Å². The summed E-state index contributed by atoms with van der Waals surface area (Å²) >= 11 is 6.31. The first-order chi connectivity index (χ1) is 12.9. The van der Waals surface area contributed by atoms with Crippen LogP contribution in [0.1, 0.15) is 56.6 Å². The average Bonchev–Trinajstić information content (AvgIpc) is 3.10. The fourth-order valence-electron chi connectivity index (χ4n) is 4.87. The molecule has 5 unspecified atom stereocenters. The van der Waals surface area contributed by atoms with Crippen LogP contribution in [0.2, 0.25) is 5.02 Å². The van der Waals surface area contributed by atoms with Gasteiger partial charge in [0.1, 0.15) is 24.7 Å². The third-order valence-corrected chi connectivity index (χ3v) is 6.22. The summed E-state index contributed by atoms with van der Waals surface area (Å²) in [6.45, 7) is 6.26. The van der Waals surface area contributed by atoms with Crippen molar-refractivity contribution in [3.8, 4) is 11.5 Å². The van der Waals surface area contributed by atoms with Gasteiger partial charge in [0.15, 0.2) is 0 Å². The van der Waals surface area contributed by atoms with Crippen molar-refractivity contribution in [3.05, 3.63) is 34.3 Å². The van der Waals surface area contributed by atoms with Gasteiger partial charge in [-0.15, -0.1) is 0 Å². The molecule has 2 aromatic carbocycles. The van der Waals surface area contributed by atoms with Gasteiger partial charge in [-0.3, -0.25) is 0 Å². The fourth-order valence-corrected chi connectivity index (χ4v) is 5.04. The molecule has 146 valence electrons. The van der Waals surface area contributed by atoms with Gasteiger partial charge in [-0.05, 0) is 62.6 Å². The highest BCUT2D eigenvalue weighted by Crippen LogP contribution is 2.63. The molecule has 0 aliphatic heterocycles. The molecule has 1 fully saturated rings. The third kappa shape index (κ3) is 3.18. The average molecular weight is 391 g/mol. The van der Waals surface area contributed by atoms with Crippen LogP contribution in [0.4, 0.5) is 0 Å². The quantitative estimate of drug-likeness (QED) is 0.755. The zero-order valence-corrected chi connectivity index (χ0v) is 16.8. The fraction of sp³-hybridized carbons (Fsp3) is 0.545. The van der Waals surface area contributed by atoms with E-state index in [4.69, 9.17) is 21.1 Å². The Morgan fingerprint density at radius 2 is 1.48 bits per heavy atom. The summed E-state index contributed by atoms with van der Waals surface area (Å²) in [6, 6.07) is 5.75. The predicted molar refractivity (Wildman–Crippen MR) is 107 cm³/mol. The van der Waals surface area contributed by atoms with Crippen molar-refractivity contribution in [1.82, 2.24) is 0 Å². The van der Waals surface area contributed by atoms with Crippen LogP contribution in [0.5, 0.6) is 11.5 Å². The molecule has 2 aromatic rings. The van der Waals surface area contributed by atoms with Gasteiger partial charge in [-0.25, -0.2) is 0 Å². The molecule has 4 rings (SSSR count). The molecule has 0 radical (unpaired) electrons. The highest BCUT2D eigenvalue weighted by atomic mass is 35.5. The highest BCUT2D eigenvalue weighted by molar-refractivity contribution is 6.31. The Bertz CT molecular complexity index is 861. The largest absolute Gasteiger partial charge is 0.490 e. The predicted octanol–water partition coefficient (Wildman–Crippen LogP) is 4.62. The molecule has 27 heavy (non-hydrogen) atoms. The van der Waals surface area contributed by atoms with E-state index in [0.29, 0.717) is 22.8 Å². The van der Waals surface area contributed by atoms with E-state index in [1.54, 1.807) is 13.8 Å². The van der Waals surface area contributed by atoms with E-state index < -0.39 is 12.2 Å². The number of fused-ring (bicyclic) bond motifs is 6. The van der Waals surface area contributed by atoms with Gasteiger partial charge >= 0.3 is 0 Å². The van der Waals surface area contributed by atoms with E-state index in [-0.39, 0.29) is 13.2 Å². The molecule has 1 saturated carbocycles. The van der Waals surface area contributed by atoms with Crippen LogP contribution < -0.4 is 9.47 Å². The normalized spacial score (nSPS) is 25.5. The van der Waals surface area contributed by atoms with E-state index in [1.807, 2.05) is 18.2 Å². The number of aliphatic hydroxyl groups is 2. The maximum absolute atomic E-state index is 9.77. The summed E-state index contributed by atoms with van der Waals surface area (Å²) in [5, 5.41) is 22.0. The number of hydrogen-bond acceptors (Lipinski definition) is 4. The second kappa shape index (κ2) is 7.16. The maximum atomic E-state index is 9.77. The highest BCUT2D eigenvalue weighted by Gasteiger charge is 2.48. The number of hydrogen-bond donors (Lipinski definition) is 2. The zero-order chi connectivity index (χ0) is 19.3. The topological polar surface area (TPSA) is 58.9 Å². The van der Waals surface area contributed by atoms with Crippen LogP contribution in [0.15, 0.2) is 18.2 Å². The molecule has 4 nitrogen and oxygen atoms in total. The van der Waals surface area contributed by atoms with Crippen LogP contribution in [0.3, 0.4) is 0 Å². The lowest BCUT2D eigenvalue weighted by atomic mass is 9.87. The third-order valence-electron chi connectivity index (χ3n) is 5.99. The molecule has 2 N–H and O–H groups in total. The first-order valence-electron chi connectivity index (χ1n) is 9.79. The molecular formula is C22H27ClO4. The first kappa shape index (κ1) is 18.9. The van der Waals surface area contributed by atoms with Crippen molar-refractivity contribution in [1.29, 1.82) is 0 Å². The summed E-state index contributed by atoms with van der Waals surface area (Å²) in [4.78, 5) is 0. The Kier molecular flexibility index (Phi) is 5.00. The minimum atomic E-state index is -0.544. The number of halogens is 1. The van der Waals surface area contributed by atoms with Gasteiger partial charge in [0, 0.05) is 26.9 Å². The lowest BCUT2D eigenvalue weighted by molar-refractivity contribution is 0.120. The SMILES string of the molecule is CC(O)COc1c2c(c(OCC(C)O)c3cc(Cl)ccc13)C1CCC2C1C. The van der Waals surface area contributed by atoms with Gasteiger partial charge in [0.05, 0.1) is 12.2 Å². The summed E-state index contributed by atoms with van der Waals surface area (Å²) in [5.74, 6) is 3.12. The zero-order valence-electron chi connectivity index (χ0n) is 16.0. The van der Waals surface area contributed by atoms with E-state index >= 15 is 0 Å². The number of rotatable bonds is 6. The first-order valence-corrected chi connectivity index (χ1v) is 10.2. The molecule has 2 bridgehead atoms. The van der Waals surface area contributed by atoms with E-state index in [9.17, 15) is 10.2 Å². The van der Waals surface area contributed by atoms with Crippen molar-refractivity contribution < 1.29 is 19.7 Å². The summed E-state index contributed by atoms with van der Waals surface area (Å²) in [6.07, 6.45) is 1.21. The molecule has 5 heteroatoms. The van der Waals surface area contributed by atoms with Crippen LogP contribution >= 0.6 is 11.6 Å². The molecular weight excluding hydrogens is 364 g/mol. The van der Waals surface area contributed by atoms with Gasteiger partial charge in [0.2, 0.25) is 0 Å². The molecule has 0 saturated heterocycles. The Hall–Kier alpha value is -1.49. The van der Waals surface area contributed by atoms with Crippen molar-refractivity contribution in [3.63, 3.8) is 0 Å². The van der Waals surface area contributed by atoms with Gasteiger partial charge < -0.3 is 19.7 Å². The van der Waals surface area contributed by atoms with Crippen LogP contribution in [-0.2, 0) is 0 Å². The minimum absolute atomic E-state index is 0.244. The van der Waals surface area contributed by atoms with E-state index in [1.165, 1.54) is 11.1 Å². The van der Waals surface area contributed by atoms with Crippen molar-refractivity contribution in [2.24, 2.45) is 5.92 Å². The van der Waals surface area contributed by atoms with E-state index in [2.05, 4.69) is 6.92 Å². The Morgan fingerprint density at radius 1 is 0.963 bits per heavy atom. The smallest absolute Gasteiger partial charge is 0.131 e. The lowest BCUT2D eigenvalue weighted by Crippen LogP contribution is -2.17.